The Balaban J connectivity index is 1.67. The van der Waals surface area contributed by atoms with Crippen LogP contribution in [0.5, 0.6) is 5.75 Å². The molecule has 30 heavy (non-hydrogen) atoms. The molecule has 9 heteroatoms. The van der Waals surface area contributed by atoms with E-state index in [4.69, 9.17) is 4.74 Å². The SMILES string of the molecule is COc1ccc2c(c1)CN(c1ccc(S(=O)(=O)N3CCCCC3)cc1[N+](=O)[O-])CC2. The van der Waals surface area contributed by atoms with Gasteiger partial charge in [0, 0.05) is 32.2 Å². The monoisotopic (exact) mass is 431 g/mol. The van der Waals surface area contributed by atoms with Gasteiger partial charge in [0.15, 0.2) is 0 Å². The number of fused-ring (bicyclic) bond motifs is 1. The molecule has 0 saturated carbocycles. The molecule has 2 aromatic carbocycles. The van der Waals surface area contributed by atoms with Crippen molar-refractivity contribution in [2.75, 3.05) is 31.6 Å². The van der Waals surface area contributed by atoms with Crippen LogP contribution in [0.15, 0.2) is 41.3 Å². The molecule has 0 N–H and O–H groups in total. The van der Waals surface area contributed by atoms with Crippen LogP contribution in [0.2, 0.25) is 0 Å². The van der Waals surface area contributed by atoms with Gasteiger partial charge in [0.1, 0.15) is 11.4 Å². The van der Waals surface area contributed by atoms with Crippen LogP contribution in [0, 0.1) is 10.1 Å². The van der Waals surface area contributed by atoms with Gasteiger partial charge in [0.25, 0.3) is 5.69 Å². The quantitative estimate of drug-likeness (QED) is 0.532. The van der Waals surface area contributed by atoms with Gasteiger partial charge in [0.2, 0.25) is 10.0 Å². The van der Waals surface area contributed by atoms with E-state index in [0.717, 1.165) is 37.0 Å². The van der Waals surface area contributed by atoms with Crippen molar-refractivity contribution in [2.24, 2.45) is 0 Å². The third kappa shape index (κ3) is 3.87. The summed E-state index contributed by atoms with van der Waals surface area (Å²) in [6, 6.07) is 10.2. The van der Waals surface area contributed by atoms with Gasteiger partial charge >= 0.3 is 0 Å². The molecule has 2 aliphatic rings. The molecule has 160 valence electrons. The Kier molecular flexibility index (Phi) is 5.66. The standard InChI is InChI=1S/C21H25N3O5S/c1-29-18-6-5-16-9-12-22(15-17(16)13-18)20-8-7-19(14-21(20)24(25)26)30(27,28)23-10-3-2-4-11-23/h5-8,13-14H,2-4,9-12,15H2,1H3. The zero-order valence-electron chi connectivity index (χ0n) is 16.9. The van der Waals surface area contributed by atoms with Crippen LogP contribution in [0.1, 0.15) is 30.4 Å². The number of hydrogen-bond donors (Lipinski definition) is 0. The second kappa shape index (κ2) is 8.23. The van der Waals surface area contributed by atoms with Gasteiger partial charge in [-0.05, 0) is 54.7 Å². The molecule has 2 heterocycles. The first-order chi connectivity index (χ1) is 14.4. The van der Waals surface area contributed by atoms with E-state index in [0.29, 0.717) is 31.9 Å². The maximum Gasteiger partial charge on any atom is 0.293 e. The van der Waals surface area contributed by atoms with Crippen LogP contribution >= 0.6 is 0 Å². The summed E-state index contributed by atoms with van der Waals surface area (Å²) in [6.07, 6.45) is 3.39. The van der Waals surface area contributed by atoms with Crippen molar-refractivity contribution in [1.29, 1.82) is 0 Å². The van der Waals surface area contributed by atoms with Gasteiger partial charge in [0.05, 0.1) is 16.9 Å². The molecule has 1 fully saturated rings. The van der Waals surface area contributed by atoms with Crippen molar-refractivity contribution in [3.63, 3.8) is 0 Å². The molecule has 4 rings (SSSR count). The van der Waals surface area contributed by atoms with Crippen molar-refractivity contribution in [1.82, 2.24) is 4.31 Å². The third-order valence-electron chi connectivity index (χ3n) is 5.86. The second-order valence-electron chi connectivity index (χ2n) is 7.68. The molecule has 0 aliphatic carbocycles. The molecule has 0 radical (unpaired) electrons. The lowest BCUT2D eigenvalue weighted by atomic mass is 9.99. The molecule has 0 unspecified atom stereocenters. The lowest BCUT2D eigenvalue weighted by Crippen LogP contribution is -2.35. The van der Waals surface area contributed by atoms with E-state index in [-0.39, 0.29) is 10.6 Å². The lowest BCUT2D eigenvalue weighted by molar-refractivity contribution is -0.384. The number of sulfonamides is 1. The highest BCUT2D eigenvalue weighted by atomic mass is 32.2. The molecule has 1 saturated heterocycles. The highest BCUT2D eigenvalue weighted by Crippen LogP contribution is 2.35. The fraction of sp³-hybridized carbons (Fsp3) is 0.429. The van der Waals surface area contributed by atoms with Crippen LogP contribution in [0.4, 0.5) is 11.4 Å². The number of nitro benzene ring substituents is 1. The van der Waals surface area contributed by atoms with Crippen LogP contribution in [-0.2, 0) is 23.0 Å². The van der Waals surface area contributed by atoms with Gasteiger partial charge in [-0.25, -0.2) is 8.42 Å². The molecule has 0 bridgehead atoms. The van der Waals surface area contributed by atoms with E-state index in [1.165, 1.54) is 22.0 Å². The summed E-state index contributed by atoms with van der Waals surface area (Å²) in [4.78, 5) is 13.2. The van der Waals surface area contributed by atoms with Crippen molar-refractivity contribution < 1.29 is 18.1 Å². The number of piperidine rings is 1. The second-order valence-corrected chi connectivity index (χ2v) is 9.62. The summed E-state index contributed by atoms with van der Waals surface area (Å²) in [5, 5.41) is 11.8. The Morgan fingerprint density at radius 3 is 2.47 bits per heavy atom. The average molecular weight is 432 g/mol. The molecule has 2 aromatic rings. The number of benzene rings is 2. The normalized spacial score (nSPS) is 17.4. The summed E-state index contributed by atoms with van der Waals surface area (Å²) in [5.41, 5.74) is 2.50. The molecule has 8 nitrogen and oxygen atoms in total. The van der Waals surface area contributed by atoms with Crippen LogP contribution in [0.25, 0.3) is 0 Å². The van der Waals surface area contributed by atoms with Crippen molar-refractivity contribution in [3.8, 4) is 5.75 Å². The van der Waals surface area contributed by atoms with Gasteiger partial charge in [-0.1, -0.05) is 12.5 Å². The number of rotatable bonds is 5. The van der Waals surface area contributed by atoms with E-state index >= 15 is 0 Å². The predicted octanol–water partition coefficient (Wildman–Crippen LogP) is 3.34. The molecule has 0 amide bonds. The fourth-order valence-electron chi connectivity index (χ4n) is 4.20. The zero-order valence-corrected chi connectivity index (χ0v) is 17.7. The van der Waals surface area contributed by atoms with Crippen molar-refractivity contribution >= 4 is 21.4 Å². The third-order valence-corrected chi connectivity index (χ3v) is 7.76. The Hall–Kier alpha value is -2.65. The topological polar surface area (TPSA) is 93.0 Å². The average Bonchev–Trinajstić information content (AvgIpc) is 2.78. The first kappa shape index (κ1) is 20.6. The van der Waals surface area contributed by atoms with Crippen molar-refractivity contribution in [2.45, 2.75) is 37.1 Å². The van der Waals surface area contributed by atoms with Gasteiger partial charge < -0.3 is 9.64 Å². The minimum Gasteiger partial charge on any atom is -0.497 e. The molecular weight excluding hydrogens is 406 g/mol. The number of nitro groups is 1. The van der Waals surface area contributed by atoms with Crippen LogP contribution < -0.4 is 9.64 Å². The van der Waals surface area contributed by atoms with Gasteiger partial charge in [-0.2, -0.15) is 4.31 Å². The molecule has 0 aromatic heterocycles. The molecule has 0 atom stereocenters. The Morgan fingerprint density at radius 2 is 1.77 bits per heavy atom. The van der Waals surface area contributed by atoms with E-state index in [1.807, 2.05) is 23.1 Å². The van der Waals surface area contributed by atoms with Crippen LogP contribution in [-0.4, -0.2) is 44.4 Å². The number of ether oxygens (including phenoxy) is 1. The maximum atomic E-state index is 13.0. The minimum atomic E-state index is -3.73. The predicted molar refractivity (Wildman–Crippen MR) is 113 cm³/mol. The first-order valence-electron chi connectivity index (χ1n) is 10.1. The summed E-state index contributed by atoms with van der Waals surface area (Å²) >= 11 is 0. The fourth-order valence-corrected chi connectivity index (χ4v) is 5.74. The number of hydrogen-bond acceptors (Lipinski definition) is 6. The highest BCUT2D eigenvalue weighted by Gasteiger charge is 2.30. The Morgan fingerprint density at radius 1 is 1.00 bits per heavy atom. The Bertz CT molecular complexity index is 1060. The summed E-state index contributed by atoms with van der Waals surface area (Å²) in [7, 11) is -2.12. The summed E-state index contributed by atoms with van der Waals surface area (Å²) in [6.45, 7) is 2.05. The maximum absolute atomic E-state index is 13.0. The number of nitrogens with zero attached hydrogens (tertiary/aromatic N) is 3. The zero-order chi connectivity index (χ0) is 21.3. The van der Waals surface area contributed by atoms with Crippen LogP contribution in [0.3, 0.4) is 0 Å². The largest absolute Gasteiger partial charge is 0.497 e. The first-order valence-corrected chi connectivity index (χ1v) is 11.5. The van der Waals surface area contributed by atoms with Crippen molar-refractivity contribution in [3.05, 3.63) is 57.6 Å². The van der Waals surface area contributed by atoms with E-state index in [9.17, 15) is 18.5 Å². The Labute approximate surface area is 176 Å². The van der Waals surface area contributed by atoms with Gasteiger partial charge in [-0.3, -0.25) is 10.1 Å². The minimum absolute atomic E-state index is 0.0149. The molecule has 0 spiro atoms. The summed E-state index contributed by atoms with van der Waals surface area (Å²) < 4.78 is 32.6. The molecule has 2 aliphatic heterocycles. The number of methoxy groups -OCH3 is 1. The van der Waals surface area contributed by atoms with E-state index in [2.05, 4.69) is 0 Å². The molecular formula is C21H25N3O5S. The van der Waals surface area contributed by atoms with E-state index < -0.39 is 14.9 Å². The highest BCUT2D eigenvalue weighted by molar-refractivity contribution is 7.89. The lowest BCUT2D eigenvalue weighted by Gasteiger charge is -2.31. The smallest absolute Gasteiger partial charge is 0.293 e. The summed E-state index contributed by atoms with van der Waals surface area (Å²) in [5.74, 6) is 0.744. The van der Waals surface area contributed by atoms with Gasteiger partial charge in [-0.15, -0.1) is 0 Å². The number of anilines is 1. The van der Waals surface area contributed by atoms with E-state index in [1.54, 1.807) is 13.2 Å².